The van der Waals surface area contributed by atoms with Gasteiger partial charge in [-0.2, -0.15) is 0 Å². The maximum atomic E-state index is 12.6. The van der Waals surface area contributed by atoms with Gasteiger partial charge in [-0.15, -0.1) is 11.3 Å². The number of aromatic nitrogens is 1. The standard InChI is InChI=1S/C23H24ClN3O3S/c1-4-15-5-7-16(8-6-15)23-25-18(14-31-23)12-22(29)27(2)13-21(28)26-19-11-17(24)9-10-20(19)30-3/h5-11,14H,4,12-13H2,1-3H3,(H,26,28). The van der Waals surface area contributed by atoms with E-state index < -0.39 is 0 Å². The molecule has 1 N–H and O–H groups in total. The van der Waals surface area contributed by atoms with E-state index in [9.17, 15) is 9.59 Å². The number of carbonyl (C=O) groups is 2. The van der Waals surface area contributed by atoms with Crippen molar-refractivity contribution < 1.29 is 14.3 Å². The Morgan fingerprint density at radius 1 is 1.19 bits per heavy atom. The van der Waals surface area contributed by atoms with E-state index in [4.69, 9.17) is 16.3 Å². The summed E-state index contributed by atoms with van der Waals surface area (Å²) in [7, 11) is 3.10. The fourth-order valence-corrected chi connectivity index (χ4v) is 3.96. The third-order valence-corrected chi connectivity index (χ3v) is 5.91. The molecule has 0 atom stereocenters. The first kappa shape index (κ1) is 22.8. The van der Waals surface area contributed by atoms with E-state index in [1.165, 1.54) is 28.9 Å². The van der Waals surface area contributed by atoms with Gasteiger partial charge in [0.2, 0.25) is 11.8 Å². The highest BCUT2D eigenvalue weighted by Gasteiger charge is 2.17. The number of anilines is 1. The van der Waals surface area contributed by atoms with Gasteiger partial charge in [0, 0.05) is 23.0 Å². The van der Waals surface area contributed by atoms with E-state index in [1.807, 2.05) is 17.5 Å². The molecular weight excluding hydrogens is 434 g/mol. The molecule has 1 aromatic heterocycles. The molecule has 0 radical (unpaired) electrons. The lowest BCUT2D eigenvalue weighted by Gasteiger charge is -2.17. The number of aryl methyl sites for hydroxylation is 1. The molecule has 0 aliphatic rings. The minimum Gasteiger partial charge on any atom is -0.495 e. The Morgan fingerprint density at radius 3 is 2.61 bits per heavy atom. The molecule has 31 heavy (non-hydrogen) atoms. The molecule has 0 aliphatic heterocycles. The quantitative estimate of drug-likeness (QED) is 0.533. The maximum absolute atomic E-state index is 12.6. The Bertz CT molecular complexity index is 1070. The molecule has 3 rings (SSSR count). The molecule has 2 amide bonds. The van der Waals surface area contributed by atoms with Crippen molar-refractivity contribution in [2.75, 3.05) is 26.0 Å². The van der Waals surface area contributed by atoms with Crippen LogP contribution < -0.4 is 10.1 Å². The molecule has 3 aromatic rings. The molecule has 6 nitrogen and oxygen atoms in total. The first-order chi connectivity index (χ1) is 14.9. The van der Waals surface area contributed by atoms with Crippen LogP contribution in [0.3, 0.4) is 0 Å². The Morgan fingerprint density at radius 2 is 1.94 bits per heavy atom. The summed E-state index contributed by atoms with van der Waals surface area (Å²) in [6.07, 6.45) is 1.12. The van der Waals surface area contributed by atoms with Crippen LogP contribution in [0.2, 0.25) is 5.02 Å². The number of nitrogens with zero attached hydrogens (tertiary/aromatic N) is 2. The summed E-state index contributed by atoms with van der Waals surface area (Å²) in [6, 6.07) is 13.2. The van der Waals surface area contributed by atoms with Crippen molar-refractivity contribution in [1.82, 2.24) is 9.88 Å². The number of hydrogen-bond donors (Lipinski definition) is 1. The number of carbonyl (C=O) groups excluding carboxylic acids is 2. The number of benzene rings is 2. The number of halogens is 1. The summed E-state index contributed by atoms with van der Waals surface area (Å²) < 4.78 is 5.22. The van der Waals surface area contributed by atoms with Crippen molar-refractivity contribution in [2.45, 2.75) is 19.8 Å². The fourth-order valence-electron chi connectivity index (χ4n) is 2.96. The lowest BCUT2D eigenvalue weighted by Crippen LogP contribution is -2.35. The van der Waals surface area contributed by atoms with Crippen LogP contribution >= 0.6 is 22.9 Å². The number of ether oxygens (including phenoxy) is 1. The van der Waals surface area contributed by atoms with E-state index in [0.717, 1.165) is 17.0 Å². The minimum absolute atomic E-state index is 0.0933. The summed E-state index contributed by atoms with van der Waals surface area (Å²) in [5.74, 6) is -0.0357. The number of thiazole rings is 1. The molecule has 0 saturated carbocycles. The van der Waals surface area contributed by atoms with Crippen LogP contribution in [0.4, 0.5) is 5.69 Å². The highest BCUT2D eigenvalue weighted by Crippen LogP contribution is 2.28. The molecule has 0 fully saturated rings. The normalized spacial score (nSPS) is 10.6. The van der Waals surface area contributed by atoms with Crippen LogP contribution in [0.1, 0.15) is 18.2 Å². The van der Waals surface area contributed by atoms with Gasteiger partial charge in [-0.05, 0) is 30.2 Å². The Hall–Kier alpha value is -2.90. The van der Waals surface area contributed by atoms with E-state index >= 15 is 0 Å². The van der Waals surface area contributed by atoms with Crippen LogP contribution in [0.5, 0.6) is 5.75 Å². The van der Waals surface area contributed by atoms with Crippen LogP contribution in [-0.2, 0) is 22.4 Å². The van der Waals surface area contributed by atoms with Crippen molar-refractivity contribution in [2.24, 2.45) is 0 Å². The zero-order valence-electron chi connectivity index (χ0n) is 17.6. The first-order valence-electron chi connectivity index (χ1n) is 9.80. The highest BCUT2D eigenvalue weighted by atomic mass is 35.5. The monoisotopic (exact) mass is 457 g/mol. The van der Waals surface area contributed by atoms with E-state index in [2.05, 4.69) is 29.4 Å². The van der Waals surface area contributed by atoms with Crippen molar-refractivity contribution >= 4 is 40.4 Å². The van der Waals surface area contributed by atoms with Crippen LogP contribution in [0.25, 0.3) is 10.6 Å². The van der Waals surface area contributed by atoms with Gasteiger partial charge in [0.15, 0.2) is 0 Å². The Labute approximate surface area is 190 Å². The number of amides is 2. The molecule has 2 aromatic carbocycles. The van der Waals surface area contributed by atoms with Gasteiger partial charge in [-0.1, -0.05) is 42.8 Å². The van der Waals surface area contributed by atoms with Crippen LogP contribution in [0.15, 0.2) is 47.8 Å². The summed E-state index contributed by atoms with van der Waals surface area (Å²) >= 11 is 7.49. The Balaban J connectivity index is 1.57. The predicted molar refractivity (Wildman–Crippen MR) is 125 cm³/mol. The average Bonchev–Trinajstić information content (AvgIpc) is 3.22. The second-order valence-corrected chi connectivity index (χ2v) is 8.31. The summed E-state index contributed by atoms with van der Waals surface area (Å²) in [5.41, 5.74) is 3.45. The SMILES string of the molecule is CCc1ccc(-c2nc(CC(=O)N(C)CC(=O)Nc3cc(Cl)ccc3OC)cs2)cc1. The van der Waals surface area contributed by atoms with Gasteiger partial charge in [0.05, 0.1) is 31.5 Å². The zero-order chi connectivity index (χ0) is 22.4. The van der Waals surface area contributed by atoms with Gasteiger partial charge >= 0.3 is 0 Å². The highest BCUT2D eigenvalue weighted by molar-refractivity contribution is 7.13. The number of nitrogens with one attached hydrogen (secondary N) is 1. The van der Waals surface area contributed by atoms with E-state index in [-0.39, 0.29) is 24.8 Å². The van der Waals surface area contributed by atoms with Crippen molar-refractivity contribution in [1.29, 1.82) is 0 Å². The lowest BCUT2D eigenvalue weighted by atomic mass is 10.1. The third kappa shape index (κ3) is 6.06. The second-order valence-electron chi connectivity index (χ2n) is 7.01. The zero-order valence-corrected chi connectivity index (χ0v) is 19.2. The molecular formula is C23H24ClN3O3S. The number of rotatable bonds is 8. The fraction of sp³-hybridized carbons (Fsp3) is 0.261. The Kier molecular flexibility index (Phi) is 7.65. The molecule has 0 unspecified atom stereocenters. The van der Waals surface area contributed by atoms with Crippen molar-refractivity contribution in [3.8, 4) is 16.3 Å². The molecule has 0 aliphatic carbocycles. The van der Waals surface area contributed by atoms with Crippen LogP contribution in [0, 0.1) is 0 Å². The van der Waals surface area contributed by atoms with Gasteiger partial charge in [0.1, 0.15) is 10.8 Å². The lowest BCUT2D eigenvalue weighted by molar-refractivity contribution is -0.132. The molecule has 0 spiro atoms. The summed E-state index contributed by atoms with van der Waals surface area (Å²) in [5, 5.41) is 5.96. The van der Waals surface area contributed by atoms with Gasteiger partial charge < -0.3 is 15.0 Å². The topological polar surface area (TPSA) is 71.5 Å². The number of likely N-dealkylation sites (N-methyl/N-ethyl adjacent to an activating group) is 1. The molecule has 0 saturated heterocycles. The van der Waals surface area contributed by atoms with Crippen LogP contribution in [-0.4, -0.2) is 42.4 Å². The van der Waals surface area contributed by atoms with Crippen molar-refractivity contribution in [3.63, 3.8) is 0 Å². The van der Waals surface area contributed by atoms with Gasteiger partial charge in [-0.25, -0.2) is 4.98 Å². The summed E-state index contributed by atoms with van der Waals surface area (Å²) in [4.78, 5) is 30.9. The molecule has 8 heteroatoms. The minimum atomic E-state index is -0.341. The largest absolute Gasteiger partial charge is 0.495 e. The number of methoxy groups -OCH3 is 1. The van der Waals surface area contributed by atoms with Crippen molar-refractivity contribution in [3.05, 3.63) is 64.1 Å². The molecule has 0 bridgehead atoms. The molecule has 162 valence electrons. The third-order valence-electron chi connectivity index (χ3n) is 4.74. The smallest absolute Gasteiger partial charge is 0.244 e. The van der Waals surface area contributed by atoms with Gasteiger partial charge in [-0.3, -0.25) is 9.59 Å². The molecule has 1 heterocycles. The average molecular weight is 458 g/mol. The van der Waals surface area contributed by atoms with E-state index in [1.54, 1.807) is 25.2 Å². The maximum Gasteiger partial charge on any atom is 0.244 e. The second kappa shape index (κ2) is 10.4. The number of hydrogen-bond acceptors (Lipinski definition) is 5. The predicted octanol–water partition coefficient (Wildman–Crippen LogP) is 4.67. The first-order valence-corrected chi connectivity index (χ1v) is 11.1. The van der Waals surface area contributed by atoms with E-state index in [0.29, 0.717) is 22.2 Å². The van der Waals surface area contributed by atoms with Gasteiger partial charge in [0.25, 0.3) is 0 Å². The summed E-state index contributed by atoms with van der Waals surface area (Å²) in [6.45, 7) is 2.02.